The molecule has 2 aromatic carbocycles. The van der Waals surface area contributed by atoms with E-state index < -0.39 is 21.9 Å². The molecule has 138 valence electrons. The van der Waals surface area contributed by atoms with Gasteiger partial charge in [-0.05, 0) is 42.5 Å². The number of halogens is 3. The number of sulfonamides is 1. The first kappa shape index (κ1) is 18.7. The molecule has 0 aliphatic heterocycles. The SMILES string of the molecule is C#Cc1cccc(-c2cc(C(F)(F)F)nn2-c2ccc(S(N)(=O)=O)cc2)c1. The van der Waals surface area contributed by atoms with Crippen molar-refractivity contribution < 1.29 is 21.6 Å². The van der Waals surface area contributed by atoms with Crippen molar-refractivity contribution in [1.29, 1.82) is 0 Å². The first-order valence-electron chi connectivity index (χ1n) is 7.47. The van der Waals surface area contributed by atoms with Gasteiger partial charge in [-0.15, -0.1) is 6.42 Å². The summed E-state index contributed by atoms with van der Waals surface area (Å²) in [6.45, 7) is 0. The van der Waals surface area contributed by atoms with Crippen molar-refractivity contribution >= 4 is 10.0 Å². The summed E-state index contributed by atoms with van der Waals surface area (Å²) in [6, 6.07) is 12.4. The summed E-state index contributed by atoms with van der Waals surface area (Å²) in [4.78, 5) is -0.162. The molecule has 0 unspecified atom stereocenters. The minimum atomic E-state index is -4.65. The summed E-state index contributed by atoms with van der Waals surface area (Å²) in [7, 11) is -3.92. The molecule has 3 rings (SSSR count). The van der Waals surface area contributed by atoms with Crippen LogP contribution in [-0.4, -0.2) is 18.2 Å². The average Bonchev–Trinajstić information content (AvgIpc) is 3.07. The summed E-state index contributed by atoms with van der Waals surface area (Å²) in [5, 5.41) is 8.68. The lowest BCUT2D eigenvalue weighted by Crippen LogP contribution is -2.12. The van der Waals surface area contributed by atoms with E-state index >= 15 is 0 Å². The summed E-state index contributed by atoms with van der Waals surface area (Å²) in [5.74, 6) is 2.42. The van der Waals surface area contributed by atoms with Crippen LogP contribution in [0.2, 0.25) is 0 Å². The molecule has 1 aromatic heterocycles. The highest BCUT2D eigenvalue weighted by Gasteiger charge is 2.35. The highest BCUT2D eigenvalue weighted by molar-refractivity contribution is 7.89. The van der Waals surface area contributed by atoms with Gasteiger partial charge in [0.25, 0.3) is 0 Å². The molecule has 0 atom stereocenters. The van der Waals surface area contributed by atoms with Crippen LogP contribution in [0.15, 0.2) is 59.5 Å². The Bertz CT molecular complexity index is 1140. The number of terminal acetylenes is 1. The topological polar surface area (TPSA) is 78.0 Å². The fraction of sp³-hybridized carbons (Fsp3) is 0.0556. The van der Waals surface area contributed by atoms with Crippen molar-refractivity contribution in [3.63, 3.8) is 0 Å². The molecule has 0 aliphatic rings. The van der Waals surface area contributed by atoms with Crippen LogP contribution in [0.4, 0.5) is 13.2 Å². The van der Waals surface area contributed by atoms with Gasteiger partial charge in [0.05, 0.1) is 16.3 Å². The Morgan fingerprint density at radius 1 is 1.07 bits per heavy atom. The number of alkyl halides is 3. The molecular formula is C18H12F3N3O2S. The van der Waals surface area contributed by atoms with Gasteiger partial charge in [0, 0.05) is 11.1 Å². The molecule has 1 heterocycles. The summed E-state index contributed by atoms with van der Waals surface area (Å²) >= 11 is 0. The van der Waals surface area contributed by atoms with Gasteiger partial charge < -0.3 is 0 Å². The third-order valence-electron chi connectivity index (χ3n) is 3.73. The van der Waals surface area contributed by atoms with Gasteiger partial charge in [-0.25, -0.2) is 18.2 Å². The molecule has 0 aliphatic carbocycles. The second-order valence-electron chi connectivity index (χ2n) is 5.59. The van der Waals surface area contributed by atoms with Crippen LogP contribution in [0.1, 0.15) is 11.3 Å². The molecule has 9 heteroatoms. The number of primary sulfonamides is 1. The second kappa shape index (κ2) is 6.57. The standard InChI is InChI=1S/C18H12F3N3O2S/c1-2-12-4-3-5-13(10-12)16-11-17(18(19,20)21)23-24(16)14-6-8-15(9-7-14)27(22,25)26/h1,3-11H,(H2,22,25,26). The quantitative estimate of drug-likeness (QED) is 0.697. The van der Waals surface area contributed by atoms with Gasteiger partial charge in [0.2, 0.25) is 10.0 Å². The normalized spacial score (nSPS) is 12.0. The van der Waals surface area contributed by atoms with Crippen molar-refractivity contribution in [2.75, 3.05) is 0 Å². The molecule has 27 heavy (non-hydrogen) atoms. The van der Waals surface area contributed by atoms with Crippen molar-refractivity contribution in [3.8, 4) is 29.3 Å². The maximum absolute atomic E-state index is 13.2. The van der Waals surface area contributed by atoms with Crippen LogP contribution >= 0.6 is 0 Å². The summed E-state index contributed by atoms with van der Waals surface area (Å²) < 4.78 is 63.3. The number of benzene rings is 2. The van der Waals surface area contributed by atoms with Crippen LogP contribution < -0.4 is 5.14 Å². The Balaban J connectivity index is 2.19. The average molecular weight is 391 g/mol. The fourth-order valence-corrected chi connectivity index (χ4v) is 2.98. The molecule has 0 fully saturated rings. The Morgan fingerprint density at radius 2 is 1.74 bits per heavy atom. The van der Waals surface area contributed by atoms with E-state index in [1.54, 1.807) is 24.3 Å². The zero-order valence-corrected chi connectivity index (χ0v) is 14.4. The van der Waals surface area contributed by atoms with Crippen LogP contribution in [0, 0.1) is 12.3 Å². The van der Waals surface area contributed by atoms with E-state index in [2.05, 4.69) is 11.0 Å². The Labute approximate surface area is 153 Å². The van der Waals surface area contributed by atoms with Crippen molar-refractivity contribution in [2.45, 2.75) is 11.1 Å². The summed E-state index contributed by atoms with van der Waals surface area (Å²) in [6.07, 6.45) is 0.708. The van der Waals surface area contributed by atoms with Crippen molar-refractivity contribution in [3.05, 3.63) is 65.9 Å². The molecule has 0 saturated heterocycles. The number of hydrogen-bond acceptors (Lipinski definition) is 3. The Hall–Kier alpha value is -3.09. The monoisotopic (exact) mass is 391 g/mol. The molecule has 0 amide bonds. The zero-order valence-electron chi connectivity index (χ0n) is 13.6. The Morgan fingerprint density at radius 3 is 2.30 bits per heavy atom. The maximum atomic E-state index is 13.2. The molecular weight excluding hydrogens is 379 g/mol. The molecule has 5 nitrogen and oxygen atoms in total. The first-order chi connectivity index (χ1) is 12.6. The highest BCUT2D eigenvalue weighted by atomic mass is 32.2. The van der Waals surface area contributed by atoms with Gasteiger partial charge in [-0.3, -0.25) is 0 Å². The lowest BCUT2D eigenvalue weighted by Gasteiger charge is -2.09. The first-order valence-corrected chi connectivity index (χ1v) is 9.02. The lowest BCUT2D eigenvalue weighted by atomic mass is 10.1. The van der Waals surface area contributed by atoms with E-state index in [4.69, 9.17) is 11.6 Å². The zero-order chi connectivity index (χ0) is 19.8. The van der Waals surface area contributed by atoms with E-state index in [0.29, 0.717) is 11.1 Å². The minimum absolute atomic E-state index is 0.155. The van der Waals surface area contributed by atoms with Gasteiger partial charge in [0.1, 0.15) is 0 Å². The number of rotatable bonds is 3. The third kappa shape index (κ3) is 3.86. The predicted octanol–water partition coefficient (Wildman–Crippen LogP) is 3.19. The Kier molecular flexibility index (Phi) is 4.55. The predicted molar refractivity (Wildman–Crippen MR) is 93.3 cm³/mol. The van der Waals surface area contributed by atoms with Gasteiger partial charge in [-0.2, -0.15) is 18.3 Å². The number of hydrogen-bond donors (Lipinski definition) is 1. The lowest BCUT2D eigenvalue weighted by molar-refractivity contribution is -0.141. The van der Waals surface area contributed by atoms with Gasteiger partial charge in [0.15, 0.2) is 5.69 Å². The molecule has 0 radical (unpaired) electrons. The number of aromatic nitrogens is 2. The highest BCUT2D eigenvalue weighted by Crippen LogP contribution is 2.33. The van der Waals surface area contributed by atoms with E-state index in [1.165, 1.54) is 24.3 Å². The maximum Gasteiger partial charge on any atom is 0.435 e. The molecule has 0 bridgehead atoms. The molecule has 0 saturated carbocycles. The minimum Gasteiger partial charge on any atom is -0.233 e. The number of nitrogens with zero attached hydrogens (tertiary/aromatic N) is 2. The van der Waals surface area contributed by atoms with Crippen LogP contribution in [0.25, 0.3) is 16.9 Å². The van der Waals surface area contributed by atoms with Crippen LogP contribution in [0.5, 0.6) is 0 Å². The molecule has 2 N–H and O–H groups in total. The smallest absolute Gasteiger partial charge is 0.233 e. The molecule has 3 aromatic rings. The van der Waals surface area contributed by atoms with E-state index in [0.717, 1.165) is 10.7 Å². The second-order valence-corrected chi connectivity index (χ2v) is 7.15. The van der Waals surface area contributed by atoms with E-state index in [9.17, 15) is 21.6 Å². The largest absolute Gasteiger partial charge is 0.435 e. The number of nitrogens with two attached hydrogens (primary N) is 1. The van der Waals surface area contributed by atoms with E-state index in [-0.39, 0.29) is 16.3 Å². The van der Waals surface area contributed by atoms with Gasteiger partial charge in [-0.1, -0.05) is 18.1 Å². The van der Waals surface area contributed by atoms with Crippen LogP contribution in [-0.2, 0) is 16.2 Å². The van der Waals surface area contributed by atoms with Crippen LogP contribution in [0.3, 0.4) is 0 Å². The van der Waals surface area contributed by atoms with Gasteiger partial charge >= 0.3 is 6.18 Å². The molecule has 0 spiro atoms. The van der Waals surface area contributed by atoms with E-state index in [1.807, 2.05) is 0 Å². The van der Waals surface area contributed by atoms with Crippen molar-refractivity contribution in [2.24, 2.45) is 5.14 Å². The fourth-order valence-electron chi connectivity index (χ4n) is 2.47. The van der Waals surface area contributed by atoms with Crippen molar-refractivity contribution in [1.82, 2.24) is 9.78 Å². The summed E-state index contributed by atoms with van der Waals surface area (Å²) in [5.41, 5.74) is 0.239. The third-order valence-corrected chi connectivity index (χ3v) is 4.66.